The Kier molecular flexibility index (Phi) is 3.92. The summed E-state index contributed by atoms with van der Waals surface area (Å²) in [5, 5.41) is 0. The number of rotatable bonds is 3. The lowest BCUT2D eigenvalue weighted by molar-refractivity contribution is -0.169. The van der Waals surface area contributed by atoms with E-state index in [2.05, 4.69) is 13.8 Å². The second-order valence-corrected chi connectivity index (χ2v) is 6.68. The van der Waals surface area contributed by atoms with Crippen LogP contribution in [-0.2, 0) is 9.53 Å². The van der Waals surface area contributed by atoms with Crippen LogP contribution < -0.4 is 0 Å². The third kappa shape index (κ3) is 2.65. The van der Waals surface area contributed by atoms with E-state index in [0.29, 0.717) is 6.04 Å². The molecule has 2 atom stereocenters. The van der Waals surface area contributed by atoms with Crippen LogP contribution in [0, 0.1) is 10.8 Å². The number of carbonyl (C=O) groups excluding carboxylic acids is 1. The van der Waals surface area contributed by atoms with E-state index in [9.17, 15) is 4.79 Å². The highest BCUT2D eigenvalue weighted by molar-refractivity contribution is 5.81. The molecule has 100 valence electrons. The first kappa shape index (κ1) is 14.5. The highest BCUT2D eigenvalue weighted by Gasteiger charge is 2.52. The maximum Gasteiger partial charge on any atom is 0.227 e. The van der Waals surface area contributed by atoms with Gasteiger partial charge in [-0.3, -0.25) is 4.79 Å². The molecule has 3 heteroatoms. The molecule has 1 aliphatic rings. The summed E-state index contributed by atoms with van der Waals surface area (Å²) in [5.41, 5.74) is -0.243. The summed E-state index contributed by atoms with van der Waals surface area (Å²) in [4.78, 5) is 14.1. The van der Waals surface area contributed by atoms with Gasteiger partial charge >= 0.3 is 0 Å². The van der Waals surface area contributed by atoms with Gasteiger partial charge in [0.1, 0.15) is 0 Å². The van der Waals surface area contributed by atoms with Crippen molar-refractivity contribution in [2.24, 2.45) is 10.8 Å². The number of carbonyl (C=O) groups is 1. The molecule has 17 heavy (non-hydrogen) atoms. The van der Waals surface area contributed by atoms with Crippen molar-refractivity contribution in [3.05, 3.63) is 0 Å². The van der Waals surface area contributed by atoms with Gasteiger partial charge < -0.3 is 9.64 Å². The molecular weight excluding hydrogens is 214 g/mol. The van der Waals surface area contributed by atoms with Gasteiger partial charge in [-0.05, 0) is 13.3 Å². The van der Waals surface area contributed by atoms with Crippen molar-refractivity contribution in [1.82, 2.24) is 4.90 Å². The van der Waals surface area contributed by atoms with Crippen LogP contribution in [-0.4, -0.2) is 36.6 Å². The SMILES string of the molecule is CCOC1CC(N(C)C(=O)C(C)(C)C)C1(C)C. The van der Waals surface area contributed by atoms with Gasteiger partial charge in [-0.1, -0.05) is 34.6 Å². The van der Waals surface area contributed by atoms with Gasteiger partial charge in [0, 0.05) is 30.5 Å². The highest BCUT2D eigenvalue weighted by atomic mass is 16.5. The molecule has 0 spiro atoms. The summed E-state index contributed by atoms with van der Waals surface area (Å²) in [6, 6.07) is 0.297. The minimum absolute atomic E-state index is 0.0612. The lowest BCUT2D eigenvalue weighted by Gasteiger charge is -2.55. The van der Waals surface area contributed by atoms with Crippen molar-refractivity contribution in [2.75, 3.05) is 13.7 Å². The minimum atomic E-state index is -0.304. The summed E-state index contributed by atoms with van der Waals surface area (Å²) in [6.45, 7) is 13.1. The molecule has 0 radical (unpaired) electrons. The lowest BCUT2D eigenvalue weighted by Crippen LogP contribution is -2.63. The fourth-order valence-electron chi connectivity index (χ4n) is 2.68. The molecule has 1 amide bonds. The van der Waals surface area contributed by atoms with Crippen molar-refractivity contribution in [3.8, 4) is 0 Å². The second kappa shape index (κ2) is 4.60. The van der Waals surface area contributed by atoms with Crippen molar-refractivity contribution < 1.29 is 9.53 Å². The Bertz CT molecular complexity index is 291. The van der Waals surface area contributed by atoms with E-state index < -0.39 is 0 Å². The molecule has 0 bridgehead atoms. The third-order valence-electron chi connectivity index (χ3n) is 3.92. The maximum atomic E-state index is 12.2. The summed E-state index contributed by atoms with van der Waals surface area (Å²) < 4.78 is 5.70. The van der Waals surface area contributed by atoms with E-state index in [1.165, 1.54) is 0 Å². The number of ether oxygens (including phenoxy) is 1. The fraction of sp³-hybridized carbons (Fsp3) is 0.929. The highest BCUT2D eigenvalue weighted by Crippen LogP contribution is 2.46. The first-order valence-corrected chi connectivity index (χ1v) is 6.51. The monoisotopic (exact) mass is 241 g/mol. The van der Waals surface area contributed by atoms with Gasteiger partial charge in [0.05, 0.1) is 6.10 Å². The van der Waals surface area contributed by atoms with E-state index in [1.807, 2.05) is 39.6 Å². The Balaban J connectivity index is 2.68. The summed E-state index contributed by atoms with van der Waals surface area (Å²) >= 11 is 0. The molecule has 1 rings (SSSR count). The van der Waals surface area contributed by atoms with Crippen molar-refractivity contribution in [1.29, 1.82) is 0 Å². The van der Waals surface area contributed by atoms with Crippen LogP contribution in [0.1, 0.15) is 48.0 Å². The van der Waals surface area contributed by atoms with Crippen molar-refractivity contribution in [2.45, 2.75) is 60.1 Å². The van der Waals surface area contributed by atoms with Crippen LogP contribution in [0.15, 0.2) is 0 Å². The first-order valence-electron chi connectivity index (χ1n) is 6.51. The Labute approximate surface area is 106 Å². The number of amides is 1. The quantitative estimate of drug-likeness (QED) is 0.760. The topological polar surface area (TPSA) is 29.5 Å². The zero-order valence-electron chi connectivity index (χ0n) is 12.3. The molecule has 0 aromatic rings. The molecule has 0 aliphatic heterocycles. The van der Waals surface area contributed by atoms with Gasteiger partial charge in [0.25, 0.3) is 0 Å². The van der Waals surface area contributed by atoms with Crippen LogP contribution in [0.25, 0.3) is 0 Å². The van der Waals surface area contributed by atoms with Crippen LogP contribution in [0.5, 0.6) is 0 Å². The fourth-order valence-corrected chi connectivity index (χ4v) is 2.68. The normalized spacial score (nSPS) is 27.5. The van der Waals surface area contributed by atoms with E-state index in [4.69, 9.17) is 4.74 Å². The van der Waals surface area contributed by atoms with Gasteiger partial charge in [-0.15, -0.1) is 0 Å². The smallest absolute Gasteiger partial charge is 0.227 e. The largest absolute Gasteiger partial charge is 0.378 e. The predicted molar refractivity (Wildman–Crippen MR) is 69.8 cm³/mol. The molecule has 2 unspecified atom stereocenters. The van der Waals surface area contributed by atoms with Gasteiger partial charge in [-0.25, -0.2) is 0 Å². The number of nitrogens with zero attached hydrogens (tertiary/aromatic N) is 1. The average molecular weight is 241 g/mol. The molecule has 1 saturated carbocycles. The molecule has 0 aromatic carbocycles. The standard InChI is InChI=1S/C14H27NO2/c1-8-17-11-9-10(14(11,5)6)15(7)12(16)13(2,3)4/h10-11H,8-9H2,1-7H3. The zero-order chi connectivity index (χ0) is 13.4. The lowest BCUT2D eigenvalue weighted by atomic mass is 9.63. The summed E-state index contributed by atoms with van der Waals surface area (Å²) in [6.07, 6.45) is 1.24. The third-order valence-corrected chi connectivity index (χ3v) is 3.92. The van der Waals surface area contributed by atoms with Crippen molar-refractivity contribution >= 4 is 5.91 Å². The van der Waals surface area contributed by atoms with Crippen molar-refractivity contribution in [3.63, 3.8) is 0 Å². The van der Waals surface area contributed by atoms with Crippen LogP contribution in [0.4, 0.5) is 0 Å². The Hall–Kier alpha value is -0.570. The number of hydrogen-bond acceptors (Lipinski definition) is 2. The molecule has 0 saturated heterocycles. The zero-order valence-corrected chi connectivity index (χ0v) is 12.3. The molecule has 1 aliphatic carbocycles. The summed E-state index contributed by atoms with van der Waals surface area (Å²) in [5.74, 6) is 0.213. The van der Waals surface area contributed by atoms with Crippen LogP contribution in [0.3, 0.4) is 0 Å². The Morgan fingerprint density at radius 1 is 1.41 bits per heavy atom. The number of hydrogen-bond donors (Lipinski definition) is 0. The first-order chi connectivity index (χ1) is 7.62. The minimum Gasteiger partial charge on any atom is -0.378 e. The van der Waals surface area contributed by atoms with E-state index >= 15 is 0 Å². The molecule has 0 aromatic heterocycles. The van der Waals surface area contributed by atoms with Crippen LogP contribution >= 0.6 is 0 Å². The van der Waals surface area contributed by atoms with Gasteiger partial charge in [0.15, 0.2) is 0 Å². The Morgan fingerprint density at radius 3 is 2.29 bits per heavy atom. The van der Waals surface area contributed by atoms with E-state index in [-0.39, 0.29) is 22.8 Å². The maximum absolute atomic E-state index is 12.2. The molecular formula is C14H27NO2. The molecule has 0 heterocycles. The molecule has 3 nitrogen and oxygen atoms in total. The molecule has 0 N–H and O–H groups in total. The second-order valence-electron chi connectivity index (χ2n) is 6.68. The average Bonchev–Trinajstić information content (AvgIpc) is 2.20. The Morgan fingerprint density at radius 2 is 1.94 bits per heavy atom. The predicted octanol–water partition coefficient (Wildman–Crippen LogP) is 2.69. The van der Waals surface area contributed by atoms with Gasteiger partial charge in [0.2, 0.25) is 5.91 Å². The summed E-state index contributed by atoms with van der Waals surface area (Å²) in [7, 11) is 1.92. The van der Waals surface area contributed by atoms with Gasteiger partial charge in [-0.2, -0.15) is 0 Å². The van der Waals surface area contributed by atoms with Crippen LogP contribution in [0.2, 0.25) is 0 Å². The molecule has 1 fully saturated rings. The van der Waals surface area contributed by atoms with E-state index in [1.54, 1.807) is 0 Å². The van der Waals surface area contributed by atoms with E-state index in [0.717, 1.165) is 13.0 Å².